The predicted octanol–water partition coefficient (Wildman–Crippen LogP) is 1.42. The highest BCUT2D eigenvalue weighted by Gasteiger charge is 2.15. The van der Waals surface area contributed by atoms with Crippen molar-refractivity contribution in [1.82, 2.24) is 0 Å². The van der Waals surface area contributed by atoms with Crippen molar-refractivity contribution in [3.63, 3.8) is 0 Å². The second kappa shape index (κ2) is 5.32. The summed E-state index contributed by atoms with van der Waals surface area (Å²) in [5, 5.41) is 11.8. The highest BCUT2D eigenvalue weighted by Crippen LogP contribution is 2.20. The molecule has 82 valence electrons. The van der Waals surface area contributed by atoms with E-state index in [0.717, 1.165) is 14.8 Å². The Labute approximate surface area is 102 Å². The van der Waals surface area contributed by atoms with E-state index in [1.807, 2.05) is 25.1 Å². The van der Waals surface area contributed by atoms with Crippen LogP contribution >= 0.6 is 22.6 Å². The van der Waals surface area contributed by atoms with Crippen molar-refractivity contribution < 1.29 is 9.90 Å². The van der Waals surface area contributed by atoms with E-state index in [1.54, 1.807) is 0 Å². The van der Waals surface area contributed by atoms with Gasteiger partial charge in [0.2, 0.25) is 0 Å². The SMILES string of the molecule is Cc1c(I)cccc1NC(CN)C(=O)O. The Morgan fingerprint density at radius 1 is 1.67 bits per heavy atom. The first-order chi connectivity index (χ1) is 7.06. The van der Waals surface area contributed by atoms with Crippen LogP contribution in [0.1, 0.15) is 5.56 Å². The zero-order chi connectivity index (χ0) is 11.4. The minimum atomic E-state index is -0.934. The summed E-state index contributed by atoms with van der Waals surface area (Å²) in [5.41, 5.74) is 7.22. The number of hydrogen-bond donors (Lipinski definition) is 3. The summed E-state index contributed by atoms with van der Waals surface area (Å²) in [7, 11) is 0. The van der Waals surface area contributed by atoms with E-state index in [4.69, 9.17) is 10.8 Å². The fourth-order valence-electron chi connectivity index (χ4n) is 1.17. The lowest BCUT2D eigenvalue weighted by Crippen LogP contribution is -2.36. The zero-order valence-corrected chi connectivity index (χ0v) is 10.5. The number of carboxylic acid groups (broad SMARTS) is 1. The van der Waals surface area contributed by atoms with Gasteiger partial charge in [0.25, 0.3) is 0 Å². The van der Waals surface area contributed by atoms with Gasteiger partial charge in [-0.15, -0.1) is 0 Å². The third-order valence-electron chi connectivity index (χ3n) is 2.13. The number of anilines is 1. The van der Waals surface area contributed by atoms with E-state index < -0.39 is 12.0 Å². The van der Waals surface area contributed by atoms with Gasteiger partial charge in [-0.2, -0.15) is 0 Å². The van der Waals surface area contributed by atoms with Crippen LogP contribution < -0.4 is 11.1 Å². The molecule has 0 aliphatic rings. The Morgan fingerprint density at radius 3 is 2.87 bits per heavy atom. The van der Waals surface area contributed by atoms with Gasteiger partial charge < -0.3 is 16.2 Å². The molecule has 0 heterocycles. The molecular formula is C10H13IN2O2. The molecule has 15 heavy (non-hydrogen) atoms. The molecule has 1 atom stereocenters. The fraction of sp³-hybridized carbons (Fsp3) is 0.300. The van der Waals surface area contributed by atoms with Gasteiger partial charge in [0, 0.05) is 15.8 Å². The molecule has 0 saturated heterocycles. The van der Waals surface area contributed by atoms with Gasteiger partial charge in [0.05, 0.1) is 0 Å². The van der Waals surface area contributed by atoms with Crippen molar-refractivity contribution in [3.05, 3.63) is 27.3 Å². The Bertz CT molecular complexity index is 368. The van der Waals surface area contributed by atoms with Crippen molar-refractivity contribution in [2.75, 3.05) is 11.9 Å². The van der Waals surface area contributed by atoms with E-state index in [-0.39, 0.29) is 6.54 Å². The Balaban J connectivity index is 2.88. The first-order valence-corrected chi connectivity index (χ1v) is 5.58. The van der Waals surface area contributed by atoms with Crippen LogP contribution in [0.4, 0.5) is 5.69 Å². The predicted molar refractivity (Wildman–Crippen MR) is 68.0 cm³/mol. The molecule has 0 aliphatic heterocycles. The summed E-state index contributed by atoms with van der Waals surface area (Å²) in [6, 6.07) is 4.97. The Morgan fingerprint density at radius 2 is 2.33 bits per heavy atom. The second-order valence-corrected chi connectivity index (χ2v) is 4.35. The van der Waals surface area contributed by atoms with Gasteiger partial charge in [0.1, 0.15) is 6.04 Å². The maximum atomic E-state index is 10.8. The summed E-state index contributed by atoms with van der Waals surface area (Å²) in [6.07, 6.45) is 0. The topological polar surface area (TPSA) is 75.3 Å². The number of rotatable bonds is 4. The number of carboxylic acids is 1. The van der Waals surface area contributed by atoms with Crippen molar-refractivity contribution >= 4 is 34.2 Å². The van der Waals surface area contributed by atoms with Gasteiger partial charge in [-0.1, -0.05) is 6.07 Å². The summed E-state index contributed by atoms with van der Waals surface area (Å²) >= 11 is 2.21. The molecule has 0 saturated carbocycles. The van der Waals surface area contributed by atoms with Crippen molar-refractivity contribution in [2.24, 2.45) is 5.73 Å². The molecule has 1 rings (SSSR count). The number of halogens is 1. The van der Waals surface area contributed by atoms with Crippen LogP contribution in [-0.4, -0.2) is 23.7 Å². The minimum Gasteiger partial charge on any atom is -0.480 e. The highest BCUT2D eigenvalue weighted by molar-refractivity contribution is 14.1. The van der Waals surface area contributed by atoms with Crippen LogP contribution in [0, 0.1) is 10.5 Å². The standard InChI is InChI=1S/C10H13IN2O2/c1-6-7(11)3-2-4-8(6)13-9(5-12)10(14)15/h2-4,9,13H,5,12H2,1H3,(H,14,15). The number of benzene rings is 1. The first kappa shape index (κ1) is 12.3. The molecule has 0 spiro atoms. The molecule has 0 bridgehead atoms. The Kier molecular flexibility index (Phi) is 4.34. The van der Waals surface area contributed by atoms with E-state index in [1.165, 1.54) is 0 Å². The molecule has 4 N–H and O–H groups in total. The van der Waals surface area contributed by atoms with Crippen LogP contribution in [0.2, 0.25) is 0 Å². The lowest BCUT2D eigenvalue weighted by atomic mass is 10.2. The number of hydrogen-bond acceptors (Lipinski definition) is 3. The number of carbonyl (C=O) groups is 1. The minimum absolute atomic E-state index is 0.0697. The van der Waals surface area contributed by atoms with E-state index >= 15 is 0 Å². The van der Waals surface area contributed by atoms with Gasteiger partial charge in [-0.25, -0.2) is 4.79 Å². The van der Waals surface area contributed by atoms with Gasteiger partial charge in [-0.3, -0.25) is 0 Å². The molecule has 4 nitrogen and oxygen atoms in total. The largest absolute Gasteiger partial charge is 0.480 e. The number of aliphatic carboxylic acids is 1. The monoisotopic (exact) mass is 320 g/mol. The van der Waals surface area contributed by atoms with Crippen LogP contribution in [0.15, 0.2) is 18.2 Å². The summed E-state index contributed by atoms with van der Waals surface area (Å²) in [6.45, 7) is 2.01. The molecule has 0 aliphatic carbocycles. The molecule has 0 fully saturated rings. The van der Waals surface area contributed by atoms with Gasteiger partial charge >= 0.3 is 5.97 Å². The molecule has 1 unspecified atom stereocenters. The molecule has 0 aromatic heterocycles. The lowest BCUT2D eigenvalue weighted by molar-refractivity contribution is -0.137. The molecule has 1 aromatic carbocycles. The zero-order valence-electron chi connectivity index (χ0n) is 8.33. The highest BCUT2D eigenvalue weighted by atomic mass is 127. The van der Waals surface area contributed by atoms with Crippen LogP contribution in [-0.2, 0) is 4.79 Å². The smallest absolute Gasteiger partial charge is 0.327 e. The normalized spacial score (nSPS) is 12.2. The van der Waals surface area contributed by atoms with Gasteiger partial charge in [0.15, 0.2) is 0 Å². The maximum absolute atomic E-state index is 10.8. The van der Waals surface area contributed by atoms with Crippen LogP contribution in [0.25, 0.3) is 0 Å². The third-order valence-corrected chi connectivity index (χ3v) is 3.30. The van der Waals surface area contributed by atoms with Gasteiger partial charge in [-0.05, 0) is 47.2 Å². The third kappa shape index (κ3) is 3.07. The first-order valence-electron chi connectivity index (χ1n) is 4.50. The fourth-order valence-corrected chi connectivity index (χ4v) is 1.67. The molecule has 0 amide bonds. The average molecular weight is 320 g/mol. The molecule has 0 radical (unpaired) electrons. The van der Waals surface area contributed by atoms with E-state index in [2.05, 4.69) is 27.9 Å². The second-order valence-electron chi connectivity index (χ2n) is 3.18. The number of nitrogens with two attached hydrogens (primary N) is 1. The molecular weight excluding hydrogens is 307 g/mol. The maximum Gasteiger partial charge on any atom is 0.327 e. The van der Waals surface area contributed by atoms with Crippen LogP contribution in [0.3, 0.4) is 0 Å². The summed E-state index contributed by atoms with van der Waals surface area (Å²) in [4.78, 5) is 10.8. The summed E-state index contributed by atoms with van der Waals surface area (Å²) < 4.78 is 1.10. The molecule has 1 aromatic rings. The van der Waals surface area contributed by atoms with E-state index in [9.17, 15) is 4.79 Å². The molecule has 5 heteroatoms. The number of nitrogens with one attached hydrogen (secondary N) is 1. The van der Waals surface area contributed by atoms with Crippen molar-refractivity contribution in [3.8, 4) is 0 Å². The average Bonchev–Trinajstić information content (AvgIpc) is 2.19. The van der Waals surface area contributed by atoms with Crippen LogP contribution in [0.5, 0.6) is 0 Å². The lowest BCUT2D eigenvalue weighted by Gasteiger charge is -2.16. The summed E-state index contributed by atoms with van der Waals surface area (Å²) in [5.74, 6) is -0.934. The van der Waals surface area contributed by atoms with E-state index in [0.29, 0.717) is 0 Å². The quantitative estimate of drug-likeness (QED) is 0.734. The van der Waals surface area contributed by atoms with Crippen molar-refractivity contribution in [2.45, 2.75) is 13.0 Å². The Hall–Kier alpha value is -0.820. The van der Waals surface area contributed by atoms with Crippen molar-refractivity contribution in [1.29, 1.82) is 0 Å².